The van der Waals surface area contributed by atoms with Crippen molar-refractivity contribution >= 4 is 11.6 Å². The molecule has 1 heterocycles. The number of aliphatic hydroxyl groups excluding tert-OH is 1. The lowest BCUT2D eigenvalue weighted by Gasteiger charge is -2.31. The van der Waals surface area contributed by atoms with Gasteiger partial charge in [0.1, 0.15) is 0 Å². The molecular weight excluding hydrogens is 260 g/mol. The summed E-state index contributed by atoms with van der Waals surface area (Å²) < 4.78 is 0. The van der Waals surface area contributed by atoms with Crippen molar-refractivity contribution in [3.63, 3.8) is 0 Å². The standard InChI is InChI=1S/C14H18N2O4/c1-10-12(3-2-4-13(10)16(19)20)14(18)15-7-5-11(9-17)6-8-15/h2-4,11,17H,5-9H2,1H3. The Hall–Kier alpha value is -1.95. The molecule has 6 nitrogen and oxygen atoms in total. The fraction of sp³-hybridized carbons (Fsp3) is 0.500. The molecule has 6 heteroatoms. The number of nitro groups is 1. The maximum absolute atomic E-state index is 12.4. The van der Waals surface area contributed by atoms with Crippen molar-refractivity contribution in [2.75, 3.05) is 19.7 Å². The minimum atomic E-state index is -0.468. The Morgan fingerprint density at radius 2 is 2.10 bits per heavy atom. The number of carbonyl (C=O) groups is 1. The van der Waals surface area contributed by atoms with E-state index in [1.807, 2.05) is 0 Å². The SMILES string of the molecule is Cc1c(C(=O)N2CCC(CO)CC2)cccc1[N+](=O)[O-]. The van der Waals surface area contributed by atoms with Crippen molar-refractivity contribution in [3.05, 3.63) is 39.4 Å². The number of nitro benzene ring substituents is 1. The van der Waals surface area contributed by atoms with E-state index in [-0.39, 0.29) is 24.1 Å². The Labute approximate surface area is 117 Å². The first-order chi connectivity index (χ1) is 9.54. The number of piperidine rings is 1. The molecule has 0 atom stereocenters. The predicted octanol–water partition coefficient (Wildman–Crippen LogP) is 1.75. The number of benzene rings is 1. The fourth-order valence-corrected chi connectivity index (χ4v) is 2.54. The molecule has 0 aliphatic carbocycles. The lowest BCUT2D eigenvalue weighted by molar-refractivity contribution is -0.385. The first kappa shape index (κ1) is 14.5. The summed E-state index contributed by atoms with van der Waals surface area (Å²) >= 11 is 0. The van der Waals surface area contributed by atoms with E-state index in [1.54, 1.807) is 24.0 Å². The first-order valence-corrected chi connectivity index (χ1v) is 6.68. The first-order valence-electron chi connectivity index (χ1n) is 6.68. The summed E-state index contributed by atoms with van der Waals surface area (Å²) in [4.78, 5) is 24.6. The number of nitrogens with zero attached hydrogens (tertiary/aromatic N) is 2. The summed E-state index contributed by atoms with van der Waals surface area (Å²) in [6.07, 6.45) is 1.55. The lowest BCUT2D eigenvalue weighted by Crippen LogP contribution is -2.39. The van der Waals surface area contributed by atoms with Gasteiger partial charge in [-0.25, -0.2) is 0 Å². The van der Waals surface area contributed by atoms with Crippen LogP contribution in [0.4, 0.5) is 5.69 Å². The molecular formula is C14H18N2O4. The predicted molar refractivity (Wildman–Crippen MR) is 73.5 cm³/mol. The van der Waals surface area contributed by atoms with Crippen LogP contribution in [-0.2, 0) is 0 Å². The number of hydrogen-bond acceptors (Lipinski definition) is 4. The van der Waals surface area contributed by atoms with Crippen LogP contribution in [0.15, 0.2) is 18.2 Å². The number of carbonyl (C=O) groups excluding carboxylic acids is 1. The van der Waals surface area contributed by atoms with Crippen molar-refractivity contribution in [2.45, 2.75) is 19.8 Å². The number of likely N-dealkylation sites (tertiary alicyclic amines) is 1. The number of rotatable bonds is 3. The van der Waals surface area contributed by atoms with Crippen LogP contribution in [0.5, 0.6) is 0 Å². The molecule has 1 aromatic rings. The summed E-state index contributed by atoms with van der Waals surface area (Å²) in [6.45, 7) is 2.93. The van der Waals surface area contributed by atoms with E-state index in [9.17, 15) is 14.9 Å². The third-order valence-electron chi connectivity index (χ3n) is 3.89. The number of aliphatic hydroxyl groups is 1. The normalized spacial score (nSPS) is 16.2. The second kappa shape index (κ2) is 6.00. The molecule has 1 amide bonds. The topological polar surface area (TPSA) is 83.7 Å². The van der Waals surface area contributed by atoms with E-state index in [4.69, 9.17) is 5.11 Å². The molecule has 1 aromatic carbocycles. The third kappa shape index (κ3) is 2.80. The molecule has 1 N–H and O–H groups in total. The highest BCUT2D eigenvalue weighted by Crippen LogP contribution is 2.24. The van der Waals surface area contributed by atoms with Gasteiger partial charge in [-0.05, 0) is 31.7 Å². The average molecular weight is 278 g/mol. The van der Waals surface area contributed by atoms with Crippen LogP contribution >= 0.6 is 0 Å². The van der Waals surface area contributed by atoms with Gasteiger partial charge in [0.05, 0.1) is 4.92 Å². The van der Waals surface area contributed by atoms with E-state index < -0.39 is 4.92 Å². The quantitative estimate of drug-likeness (QED) is 0.674. The second-order valence-corrected chi connectivity index (χ2v) is 5.12. The molecule has 1 aliphatic heterocycles. The van der Waals surface area contributed by atoms with Gasteiger partial charge >= 0.3 is 0 Å². The minimum Gasteiger partial charge on any atom is -0.396 e. The van der Waals surface area contributed by atoms with E-state index in [0.29, 0.717) is 24.2 Å². The van der Waals surface area contributed by atoms with Crippen LogP contribution in [0.1, 0.15) is 28.8 Å². The zero-order valence-electron chi connectivity index (χ0n) is 11.4. The number of hydrogen-bond donors (Lipinski definition) is 1. The zero-order valence-corrected chi connectivity index (χ0v) is 11.4. The van der Waals surface area contributed by atoms with Gasteiger partial charge in [0.2, 0.25) is 0 Å². The van der Waals surface area contributed by atoms with Crippen LogP contribution in [0.25, 0.3) is 0 Å². The summed E-state index contributed by atoms with van der Waals surface area (Å²) in [5, 5.41) is 20.0. The molecule has 1 aliphatic rings. The van der Waals surface area contributed by atoms with E-state index in [1.165, 1.54) is 6.07 Å². The van der Waals surface area contributed by atoms with Gasteiger partial charge in [-0.3, -0.25) is 14.9 Å². The Morgan fingerprint density at radius 3 is 2.65 bits per heavy atom. The molecule has 0 saturated carbocycles. The van der Waals surface area contributed by atoms with Gasteiger partial charge in [-0.2, -0.15) is 0 Å². The smallest absolute Gasteiger partial charge is 0.273 e. The average Bonchev–Trinajstić information content (AvgIpc) is 2.46. The maximum Gasteiger partial charge on any atom is 0.273 e. The van der Waals surface area contributed by atoms with Crippen LogP contribution in [-0.4, -0.2) is 40.5 Å². The molecule has 0 radical (unpaired) electrons. The van der Waals surface area contributed by atoms with Gasteiger partial charge in [-0.1, -0.05) is 6.07 Å². The summed E-state index contributed by atoms with van der Waals surface area (Å²) in [5.41, 5.74) is 0.773. The second-order valence-electron chi connectivity index (χ2n) is 5.12. The number of amides is 1. The summed E-state index contributed by atoms with van der Waals surface area (Å²) in [6, 6.07) is 4.58. The highest BCUT2D eigenvalue weighted by molar-refractivity contribution is 5.96. The van der Waals surface area contributed by atoms with Crippen molar-refractivity contribution in [2.24, 2.45) is 5.92 Å². The van der Waals surface area contributed by atoms with E-state index in [0.717, 1.165) is 12.8 Å². The fourth-order valence-electron chi connectivity index (χ4n) is 2.54. The Bertz CT molecular complexity index is 522. The maximum atomic E-state index is 12.4. The van der Waals surface area contributed by atoms with Crippen molar-refractivity contribution < 1.29 is 14.8 Å². The van der Waals surface area contributed by atoms with Crippen LogP contribution in [0.2, 0.25) is 0 Å². The van der Waals surface area contributed by atoms with E-state index in [2.05, 4.69) is 0 Å². The Balaban J connectivity index is 2.18. The van der Waals surface area contributed by atoms with Crippen LogP contribution in [0, 0.1) is 23.0 Å². The molecule has 1 saturated heterocycles. The monoisotopic (exact) mass is 278 g/mol. The Kier molecular flexibility index (Phi) is 4.34. The molecule has 2 rings (SSSR count). The minimum absolute atomic E-state index is 0.0268. The zero-order chi connectivity index (χ0) is 14.7. The van der Waals surface area contributed by atoms with Crippen molar-refractivity contribution in [1.29, 1.82) is 0 Å². The molecule has 0 bridgehead atoms. The highest BCUT2D eigenvalue weighted by atomic mass is 16.6. The lowest BCUT2D eigenvalue weighted by atomic mass is 9.96. The van der Waals surface area contributed by atoms with Gasteiger partial charge < -0.3 is 10.0 Å². The largest absolute Gasteiger partial charge is 0.396 e. The van der Waals surface area contributed by atoms with Gasteiger partial charge in [-0.15, -0.1) is 0 Å². The Morgan fingerprint density at radius 1 is 1.45 bits per heavy atom. The third-order valence-corrected chi connectivity index (χ3v) is 3.89. The molecule has 0 aromatic heterocycles. The molecule has 20 heavy (non-hydrogen) atoms. The van der Waals surface area contributed by atoms with Gasteiger partial charge in [0, 0.05) is 36.9 Å². The van der Waals surface area contributed by atoms with Crippen LogP contribution in [0.3, 0.4) is 0 Å². The van der Waals surface area contributed by atoms with E-state index >= 15 is 0 Å². The molecule has 0 spiro atoms. The van der Waals surface area contributed by atoms with Crippen molar-refractivity contribution in [1.82, 2.24) is 4.90 Å². The van der Waals surface area contributed by atoms with Gasteiger partial charge in [0.25, 0.3) is 11.6 Å². The summed E-state index contributed by atoms with van der Waals surface area (Å²) in [5.74, 6) is 0.0906. The molecule has 108 valence electrons. The van der Waals surface area contributed by atoms with Crippen LogP contribution < -0.4 is 0 Å². The summed E-state index contributed by atoms with van der Waals surface area (Å²) in [7, 11) is 0. The van der Waals surface area contributed by atoms with Crippen molar-refractivity contribution in [3.8, 4) is 0 Å². The highest BCUT2D eigenvalue weighted by Gasteiger charge is 2.26. The van der Waals surface area contributed by atoms with Gasteiger partial charge in [0.15, 0.2) is 0 Å². The molecule has 0 unspecified atom stereocenters. The molecule has 1 fully saturated rings.